The summed E-state index contributed by atoms with van der Waals surface area (Å²) in [5.74, 6) is -0.593. The number of carbonyl (C=O) groups is 1. The minimum atomic E-state index is -0.397. The minimum absolute atomic E-state index is 0.129. The molecule has 0 aromatic heterocycles. The molecule has 5 heteroatoms. The number of amides is 1. The second-order valence-electron chi connectivity index (χ2n) is 3.43. The molecule has 0 saturated heterocycles. The van der Waals surface area contributed by atoms with E-state index in [2.05, 4.69) is 11.9 Å². The Morgan fingerprint density at radius 2 is 2.06 bits per heavy atom. The molecule has 1 amide bonds. The minimum Gasteiger partial charge on any atom is -0.504 e. The average molecular weight is 260 g/mol. The van der Waals surface area contributed by atoms with Gasteiger partial charge in [-0.3, -0.25) is 4.79 Å². The topological polar surface area (TPSA) is 49.3 Å². The predicted molar refractivity (Wildman–Crippen MR) is 66.3 cm³/mol. The summed E-state index contributed by atoms with van der Waals surface area (Å²) in [7, 11) is 0. The molecule has 3 nitrogen and oxygen atoms in total. The van der Waals surface area contributed by atoms with E-state index in [0.29, 0.717) is 16.2 Å². The van der Waals surface area contributed by atoms with Gasteiger partial charge < -0.3 is 10.4 Å². The normalized spacial score (nSPS) is 10.0. The Kier molecular flexibility index (Phi) is 3.83. The summed E-state index contributed by atoms with van der Waals surface area (Å²) >= 11 is 11.7. The first-order valence-electron chi connectivity index (χ1n) is 4.49. The maximum absolute atomic E-state index is 11.4. The van der Waals surface area contributed by atoms with Crippen LogP contribution in [0.25, 0.3) is 0 Å². The number of hydrogen-bond acceptors (Lipinski definition) is 2. The standard InChI is InChI=1S/C11H11Cl2NO2/c1-5(2)11(16)14-8-4-7(12)6(3)9(13)10(8)15/h4,15H,1H2,2-3H3,(H,14,16). The van der Waals surface area contributed by atoms with Crippen molar-refractivity contribution in [3.63, 3.8) is 0 Å². The fraction of sp³-hybridized carbons (Fsp3) is 0.182. The fourth-order valence-electron chi connectivity index (χ4n) is 1.03. The average Bonchev–Trinajstić information content (AvgIpc) is 2.22. The van der Waals surface area contributed by atoms with E-state index in [9.17, 15) is 9.90 Å². The fourth-order valence-corrected chi connectivity index (χ4v) is 1.48. The lowest BCUT2D eigenvalue weighted by atomic mass is 10.2. The van der Waals surface area contributed by atoms with Crippen LogP contribution in [0.1, 0.15) is 12.5 Å². The van der Waals surface area contributed by atoms with E-state index < -0.39 is 5.91 Å². The lowest BCUT2D eigenvalue weighted by molar-refractivity contribution is -0.112. The molecule has 0 aliphatic heterocycles. The van der Waals surface area contributed by atoms with Gasteiger partial charge in [-0.05, 0) is 25.5 Å². The van der Waals surface area contributed by atoms with Gasteiger partial charge in [-0.2, -0.15) is 0 Å². The molecule has 0 aliphatic carbocycles. The molecule has 0 spiro atoms. The highest BCUT2D eigenvalue weighted by atomic mass is 35.5. The van der Waals surface area contributed by atoms with Gasteiger partial charge in [0.25, 0.3) is 5.91 Å². The second-order valence-corrected chi connectivity index (χ2v) is 4.21. The number of nitrogens with one attached hydrogen (secondary N) is 1. The summed E-state index contributed by atoms with van der Waals surface area (Å²) < 4.78 is 0. The third kappa shape index (κ3) is 2.49. The summed E-state index contributed by atoms with van der Waals surface area (Å²) in [4.78, 5) is 11.4. The monoisotopic (exact) mass is 259 g/mol. The highest BCUT2D eigenvalue weighted by Crippen LogP contribution is 2.38. The molecule has 2 N–H and O–H groups in total. The molecule has 0 bridgehead atoms. The lowest BCUT2D eigenvalue weighted by Crippen LogP contribution is -2.12. The van der Waals surface area contributed by atoms with Crippen LogP contribution >= 0.6 is 23.2 Å². The van der Waals surface area contributed by atoms with Crippen molar-refractivity contribution < 1.29 is 9.90 Å². The summed E-state index contributed by atoms with van der Waals surface area (Å²) in [6, 6.07) is 1.44. The SMILES string of the molecule is C=C(C)C(=O)Nc1cc(Cl)c(C)c(Cl)c1O. The number of phenolic OH excluding ortho intramolecular Hbond substituents is 1. The molecule has 0 unspecified atom stereocenters. The summed E-state index contributed by atoms with van der Waals surface area (Å²) in [5.41, 5.74) is 1.06. The Morgan fingerprint density at radius 1 is 1.50 bits per heavy atom. The molecule has 0 atom stereocenters. The number of halogens is 2. The Bertz CT molecular complexity index is 470. The molecule has 0 radical (unpaired) electrons. The van der Waals surface area contributed by atoms with Gasteiger partial charge >= 0.3 is 0 Å². The highest BCUT2D eigenvalue weighted by molar-refractivity contribution is 6.37. The van der Waals surface area contributed by atoms with Crippen LogP contribution in [-0.4, -0.2) is 11.0 Å². The Morgan fingerprint density at radius 3 is 2.56 bits per heavy atom. The van der Waals surface area contributed by atoms with Crippen LogP contribution < -0.4 is 5.32 Å². The van der Waals surface area contributed by atoms with E-state index in [1.807, 2.05) is 0 Å². The number of benzene rings is 1. The van der Waals surface area contributed by atoms with Crippen molar-refractivity contribution in [1.29, 1.82) is 0 Å². The molecule has 1 rings (SSSR count). The van der Waals surface area contributed by atoms with Crippen LogP contribution in [0.15, 0.2) is 18.2 Å². The molecule has 0 aliphatic rings. The van der Waals surface area contributed by atoms with Crippen LogP contribution in [0.4, 0.5) is 5.69 Å². The maximum Gasteiger partial charge on any atom is 0.250 e. The Balaban J connectivity index is 3.16. The zero-order valence-corrected chi connectivity index (χ0v) is 10.4. The Labute approximate surface area is 104 Å². The van der Waals surface area contributed by atoms with Gasteiger partial charge in [-0.25, -0.2) is 0 Å². The molecule has 0 saturated carbocycles. The van der Waals surface area contributed by atoms with Crippen molar-refractivity contribution in [2.24, 2.45) is 0 Å². The van der Waals surface area contributed by atoms with Gasteiger partial charge in [0.05, 0.1) is 10.7 Å². The van der Waals surface area contributed by atoms with Crippen LogP contribution in [-0.2, 0) is 4.79 Å². The molecule has 0 fully saturated rings. The largest absolute Gasteiger partial charge is 0.504 e. The van der Waals surface area contributed by atoms with E-state index in [4.69, 9.17) is 23.2 Å². The number of hydrogen-bond donors (Lipinski definition) is 2. The van der Waals surface area contributed by atoms with Gasteiger partial charge in [0.1, 0.15) is 0 Å². The van der Waals surface area contributed by atoms with Crippen molar-refractivity contribution in [3.8, 4) is 5.75 Å². The van der Waals surface area contributed by atoms with Gasteiger partial charge in [0, 0.05) is 10.6 Å². The third-order valence-electron chi connectivity index (χ3n) is 2.06. The number of anilines is 1. The zero-order chi connectivity index (χ0) is 12.5. The van der Waals surface area contributed by atoms with E-state index in [-0.39, 0.29) is 16.5 Å². The van der Waals surface area contributed by atoms with Crippen molar-refractivity contribution in [1.82, 2.24) is 0 Å². The van der Waals surface area contributed by atoms with E-state index in [1.54, 1.807) is 13.8 Å². The predicted octanol–water partition coefficient (Wildman–Crippen LogP) is 3.52. The van der Waals surface area contributed by atoms with Crippen LogP contribution in [0.2, 0.25) is 10.0 Å². The molecule has 1 aromatic carbocycles. The third-order valence-corrected chi connectivity index (χ3v) is 2.91. The first-order valence-corrected chi connectivity index (χ1v) is 5.24. The molecular formula is C11H11Cl2NO2. The van der Waals surface area contributed by atoms with Gasteiger partial charge in [-0.15, -0.1) is 0 Å². The smallest absolute Gasteiger partial charge is 0.250 e. The lowest BCUT2D eigenvalue weighted by Gasteiger charge is -2.11. The van der Waals surface area contributed by atoms with Gasteiger partial charge in [-0.1, -0.05) is 29.8 Å². The number of aromatic hydroxyl groups is 1. The van der Waals surface area contributed by atoms with Gasteiger partial charge in [0.15, 0.2) is 5.75 Å². The number of carbonyl (C=O) groups excluding carboxylic acids is 1. The molecule has 1 aromatic rings. The van der Waals surface area contributed by atoms with Crippen molar-refractivity contribution in [2.75, 3.05) is 5.32 Å². The Hall–Kier alpha value is -1.19. The van der Waals surface area contributed by atoms with E-state index in [1.165, 1.54) is 6.07 Å². The summed E-state index contributed by atoms with van der Waals surface area (Å²) in [6.45, 7) is 6.72. The molecular weight excluding hydrogens is 249 g/mol. The highest BCUT2D eigenvalue weighted by Gasteiger charge is 2.14. The first-order chi connectivity index (χ1) is 7.34. The van der Waals surface area contributed by atoms with Crippen molar-refractivity contribution in [3.05, 3.63) is 33.8 Å². The van der Waals surface area contributed by atoms with E-state index in [0.717, 1.165) is 0 Å². The molecule has 0 heterocycles. The number of phenols is 1. The van der Waals surface area contributed by atoms with Crippen LogP contribution in [0.5, 0.6) is 5.75 Å². The van der Waals surface area contributed by atoms with Crippen molar-refractivity contribution >= 4 is 34.8 Å². The molecule has 86 valence electrons. The summed E-state index contributed by atoms with van der Waals surface area (Å²) in [6.07, 6.45) is 0. The first kappa shape index (κ1) is 12.9. The van der Waals surface area contributed by atoms with Crippen LogP contribution in [0, 0.1) is 6.92 Å². The number of rotatable bonds is 2. The van der Waals surface area contributed by atoms with Gasteiger partial charge in [0.2, 0.25) is 0 Å². The molecule has 16 heavy (non-hydrogen) atoms. The zero-order valence-electron chi connectivity index (χ0n) is 8.90. The van der Waals surface area contributed by atoms with Crippen molar-refractivity contribution in [2.45, 2.75) is 13.8 Å². The summed E-state index contributed by atoms with van der Waals surface area (Å²) in [5, 5.41) is 12.7. The van der Waals surface area contributed by atoms with Crippen LogP contribution in [0.3, 0.4) is 0 Å². The second kappa shape index (κ2) is 4.76. The quantitative estimate of drug-likeness (QED) is 0.631. The van der Waals surface area contributed by atoms with E-state index >= 15 is 0 Å². The maximum atomic E-state index is 11.4.